The first-order chi connectivity index (χ1) is 6.34. The summed E-state index contributed by atoms with van der Waals surface area (Å²) in [6.45, 7) is 4.54. The zero-order valence-corrected chi connectivity index (χ0v) is 8.74. The smallest absolute Gasteiger partial charge is 0.169 e. The molecule has 0 aliphatic heterocycles. The van der Waals surface area contributed by atoms with Gasteiger partial charge < -0.3 is 0 Å². The van der Waals surface area contributed by atoms with Gasteiger partial charge >= 0.3 is 0 Å². The summed E-state index contributed by atoms with van der Waals surface area (Å²) in [5.74, 6) is 0. The lowest BCUT2D eigenvalue weighted by atomic mass is 10.1. The van der Waals surface area contributed by atoms with Crippen molar-refractivity contribution in [1.82, 2.24) is 0 Å². The van der Waals surface area contributed by atoms with Gasteiger partial charge in [0.2, 0.25) is 0 Å². The number of hydrogen-bond donors (Lipinski definition) is 0. The predicted molar refractivity (Wildman–Crippen MR) is 55.5 cm³/mol. The zero-order valence-electron chi connectivity index (χ0n) is 8.74. The van der Waals surface area contributed by atoms with Gasteiger partial charge in [0.1, 0.15) is 0 Å². The Hall–Kier alpha value is -0.850. The van der Waals surface area contributed by atoms with Crippen molar-refractivity contribution in [2.24, 2.45) is 0 Å². The minimum atomic E-state index is 0.646. The first-order valence-corrected chi connectivity index (χ1v) is 5.30. The van der Waals surface area contributed by atoms with Gasteiger partial charge in [-0.2, -0.15) is 0 Å². The molecule has 1 heterocycles. The van der Waals surface area contributed by atoms with E-state index in [0.717, 1.165) is 0 Å². The Morgan fingerprint density at radius 2 is 1.77 bits per heavy atom. The van der Waals surface area contributed by atoms with Crippen LogP contribution in [0.25, 0.3) is 0 Å². The molecule has 1 atom stereocenters. The van der Waals surface area contributed by atoms with Crippen molar-refractivity contribution >= 4 is 0 Å². The van der Waals surface area contributed by atoms with Crippen LogP contribution in [0.15, 0.2) is 30.6 Å². The average molecular weight is 178 g/mol. The lowest BCUT2D eigenvalue weighted by molar-refractivity contribution is -0.720. The Morgan fingerprint density at radius 3 is 2.38 bits per heavy atom. The van der Waals surface area contributed by atoms with E-state index in [4.69, 9.17) is 0 Å². The van der Waals surface area contributed by atoms with Crippen molar-refractivity contribution in [1.29, 1.82) is 0 Å². The third-order valence-electron chi connectivity index (χ3n) is 2.47. The average Bonchev–Trinajstić information content (AvgIpc) is 2.19. The summed E-state index contributed by atoms with van der Waals surface area (Å²) in [6, 6.07) is 6.90. The van der Waals surface area contributed by atoms with Gasteiger partial charge in [0.05, 0.1) is 0 Å². The van der Waals surface area contributed by atoms with Crippen molar-refractivity contribution in [2.45, 2.75) is 45.6 Å². The molecule has 72 valence electrons. The standard InChI is InChI=1S/C12H20N/c1-3-4-6-9-12(2)13-10-7-5-8-11-13/h5,7-8,10-12H,3-4,6,9H2,1-2H3/q+1. The van der Waals surface area contributed by atoms with Crippen molar-refractivity contribution in [2.75, 3.05) is 0 Å². The van der Waals surface area contributed by atoms with Crippen LogP contribution in [-0.4, -0.2) is 0 Å². The highest BCUT2D eigenvalue weighted by atomic mass is 15.0. The van der Waals surface area contributed by atoms with Crippen molar-refractivity contribution in [3.05, 3.63) is 30.6 Å². The fourth-order valence-corrected chi connectivity index (χ4v) is 1.54. The molecule has 0 spiro atoms. The molecular formula is C12H20N+. The highest BCUT2D eigenvalue weighted by molar-refractivity contribution is 4.83. The fraction of sp³-hybridized carbons (Fsp3) is 0.583. The molecule has 0 saturated carbocycles. The highest BCUT2D eigenvalue weighted by Crippen LogP contribution is 2.08. The van der Waals surface area contributed by atoms with Gasteiger partial charge in [0.15, 0.2) is 18.4 Å². The molecule has 1 aromatic rings. The number of unbranched alkanes of at least 4 members (excludes halogenated alkanes) is 2. The van der Waals surface area contributed by atoms with Crippen LogP contribution < -0.4 is 4.57 Å². The number of pyridine rings is 1. The minimum absolute atomic E-state index is 0.646. The summed E-state index contributed by atoms with van der Waals surface area (Å²) < 4.78 is 2.29. The summed E-state index contributed by atoms with van der Waals surface area (Å²) in [5, 5.41) is 0. The van der Waals surface area contributed by atoms with Crippen LogP contribution in [0.1, 0.15) is 45.6 Å². The van der Waals surface area contributed by atoms with Crippen LogP contribution >= 0.6 is 0 Å². The van der Waals surface area contributed by atoms with Crippen LogP contribution in [0.3, 0.4) is 0 Å². The highest BCUT2D eigenvalue weighted by Gasteiger charge is 2.09. The van der Waals surface area contributed by atoms with E-state index in [9.17, 15) is 0 Å². The van der Waals surface area contributed by atoms with Gasteiger partial charge in [0.25, 0.3) is 0 Å². The number of rotatable bonds is 5. The molecule has 1 rings (SSSR count). The quantitative estimate of drug-likeness (QED) is 0.482. The summed E-state index contributed by atoms with van der Waals surface area (Å²) in [6.07, 6.45) is 9.61. The Balaban J connectivity index is 2.35. The molecule has 0 aromatic carbocycles. The van der Waals surface area contributed by atoms with Crippen LogP contribution in [0, 0.1) is 0 Å². The molecule has 0 fully saturated rings. The largest absolute Gasteiger partial charge is 0.203 e. The van der Waals surface area contributed by atoms with E-state index < -0.39 is 0 Å². The topological polar surface area (TPSA) is 3.88 Å². The molecule has 0 aliphatic carbocycles. The SMILES string of the molecule is CCCCCC(C)[n+]1ccccc1. The lowest BCUT2D eigenvalue weighted by Crippen LogP contribution is -2.36. The summed E-state index contributed by atoms with van der Waals surface area (Å²) in [5.41, 5.74) is 0. The third-order valence-corrected chi connectivity index (χ3v) is 2.47. The molecule has 0 saturated heterocycles. The van der Waals surface area contributed by atoms with Gasteiger partial charge in [0, 0.05) is 18.6 Å². The normalized spacial score (nSPS) is 12.8. The summed E-state index contributed by atoms with van der Waals surface area (Å²) in [4.78, 5) is 0. The van der Waals surface area contributed by atoms with Gasteiger partial charge in [-0.15, -0.1) is 0 Å². The van der Waals surface area contributed by atoms with Crippen molar-refractivity contribution < 1.29 is 4.57 Å². The molecule has 0 N–H and O–H groups in total. The molecule has 0 bridgehead atoms. The Labute approximate surface area is 81.4 Å². The van der Waals surface area contributed by atoms with E-state index in [0.29, 0.717) is 6.04 Å². The van der Waals surface area contributed by atoms with Crippen LogP contribution in [0.4, 0.5) is 0 Å². The Morgan fingerprint density at radius 1 is 1.08 bits per heavy atom. The molecular weight excluding hydrogens is 158 g/mol. The van der Waals surface area contributed by atoms with Crippen LogP contribution in [0.2, 0.25) is 0 Å². The number of hydrogen-bond acceptors (Lipinski definition) is 0. The molecule has 1 nitrogen and oxygen atoms in total. The maximum atomic E-state index is 2.29. The van der Waals surface area contributed by atoms with Gasteiger partial charge in [-0.25, -0.2) is 4.57 Å². The second kappa shape index (κ2) is 5.74. The number of nitrogens with zero attached hydrogens (tertiary/aromatic N) is 1. The second-order valence-electron chi connectivity index (χ2n) is 3.67. The van der Waals surface area contributed by atoms with E-state index in [1.807, 2.05) is 0 Å². The van der Waals surface area contributed by atoms with Crippen molar-refractivity contribution in [3.63, 3.8) is 0 Å². The van der Waals surface area contributed by atoms with E-state index in [2.05, 4.69) is 49.0 Å². The molecule has 1 unspecified atom stereocenters. The zero-order chi connectivity index (χ0) is 9.52. The molecule has 0 radical (unpaired) electrons. The van der Waals surface area contributed by atoms with E-state index in [1.54, 1.807) is 0 Å². The van der Waals surface area contributed by atoms with E-state index in [-0.39, 0.29) is 0 Å². The lowest BCUT2D eigenvalue weighted by Gasteiger charge is -2.05. The first-order valence-electron chi connectivity index (χ1n) is 5.30. The maximum absolute atomic E-state index is 2.29. The van der Waals surface area contributed by atoms with Crippen LogP contribution in [0.5, 0.6) is 0 Å². The maximum Gasteiger partial charge on any atom is 0.169 e. The summed E-state index contributed by atoms with van der Waals surface area (Å²) >= 11 is 0. The Kier molecular flexibility index (Phi) is 4.52. The predicted octanol–water partition coefficient (Wildman–Crippen LogP) is 3.12. The first kappa shape index (κ1) is 10.2. The molecule has 13 heavy (non-hydrogen) atoms. The Bertz CT molecular complexity index is 218. The molecule has 1 aromatic heterocycles. The molecule has 1 heteroatoms. The van der Waals surface area contributed by atoms with E-state index in [1.165, 1.54) is 25.7 Å². The second-order valence-corrected chi connectivity index (χ2v) is 3.67. The van der Waals surface area contributed by atoms with Gasteiger partial charge in [-0.3, -0.25) is 0 Å². The monoisotopic (exact) mass is 178 g/mol. The van der Waals surface area contributed by atoms with Gasteiger partial charge in [-0.05, 0) is 13.3 Å². The third kappa shape index (κ3) is 3.58. The summed E-state index contributed by atoms with van der Waals surface area (Å²) in [7, 11) is 0. The van der Waals surface area contributed by atoms with Crippen molar-refractivity contribution in [3.8, 4) is 0 Å². The molecule has 0 amide bonds. The van der Waals surface area contributed by atoms with Gasteiger partial charge in [-0.1, -0.05) is 25.8 Å². The molecule has 0 aliphatic rings. The number of aromatic nitrogens is 1. The minimum Gasteiger partial charge on any atom is -0.203 e. The van der Waals surface area contributed by atoms with E-state index >= 15 is 0 Å². The fourth-order valence-electron chi connectivity index (χ4n) is 1.54. The van der Waals surface area contributed by atoms with Crippen LogP contribution in [-0.2, 0) is 0 Å².